The van der Waals surface area contributed by atoms with Gasteiger partial charge < -0.3 is 0 Å². The van der Waals surface area contributed by atoms with E-state index in [-0.39, 0.29) is 17.1 Å². The lowest BCUT2D eigenvalue weighted by atomic mass is 10.2. The van der Waals surface area contributed by atoms with Crippen molar-refractivity contribution in [3.63, 3.8) is 0 Å². The van der Waals surface area contributed by atoms with Crippen molar-refractivity contribution in [3.05, 3.63) is 87.3 Å². The van der Waals surface area contributed by atoms with Gasteiger partial charge in [-0.2, -0.15) is 5.10 Å². The fourth-order valence-corrected chi connectivity index (χ4v) is 3.10. The molecule has 0 unspecified atom stereocenters. The number of aromatic nitrogens is 4. The summed E-state index contributed by atoms with van der Waals surface area (Å²) >= 11 is 6.06. The van der Waals surface area contributed by atoms with Gasteiger partial charge >= 0.3 is 0 Å². The summed E-state index contributed by atoms with van der Waals surface area (Å²) in [5.74, 6) is -0.417. The van der Waals surface area contributed by atoms with Crippen LogP contribution in [0.15, 0.2) is 59.8 Å². The summed E-state index contributed by atoms with van der Waals surface area (Å²) in [6.07, 6.45) is 2.97. The number of hydrogen-bond acceptors (Lipinski definition) is 3. The van der Waals surface area contributed by atoms with Crippen LogP contribution < -0.4 is 5.56 Å². The first-order valence-corrected chi connectivity index (χ1v) is 8.35. The summed E-state index contributed by atoms with van der Waals surface area (Å²) in [7, 11) is 0. The highest BCUT2D eigenvalue weighted by Crippen LogP contribution is 2.19. The molecule has 26 heavy (non-hydrogen) atoms. The second-order valence-corrected chi connectivity index (χ2v) is 6.40. The molecule has 0 aliphatic rings. The summed E-state index contributed by atoms with van der Waals surface area (Å²) in [6.45, 7) is 2.18. The Morgan fingerprint density at radius 3 is 2.77 bits per heavy atom. The Bertz CT molecular complexity index is 1180. The SMILES string of the molecule is Cc1ccccc1-n1ncc2c(=O)n(Cc3ccc(F)cc3Cl)cnc21. The molecular weight excluding hydrogens is 355 g/mol. The van der Waals surface area contributed by atoms with E-state index >= 15 is 0 Å². The Morgan fingerprint density at radius 2 is 2.00 bits per heavy atom. The molecule has 0 atom stereocenters. The summed E-state index contributed by atoms with van der Waals surface area (Å²) in [5.41, 5.74) is 2.80. The molecular formula is C19H14ClFN4O. The van der Waals surface area contributed by atoms with E-state index in [4.69, 9.17) is 11.6 Å². The average molecular weight is 369 g/mol. The molecule has 0 saturated carbocycles. The van der Waals surface area contributed by atoms with E-state index < -0.39 is 5.82 Å². The molecule has 4 aromatic rings. The van der Waals surface area contributed by atoms with Gasteiger partial charge in [0.15, 0.2) is 5.65 Å². The fourth-order valence-electron chi connectivity index (χ4n) is 2.87. The maximum absolute atomic E-state index is 13.2. The first kappa shape index (κ1) is 16.5. The number of para-hydroxylation sites is 1. The van der Waals surface area contributed by atoms with Crippen LogP contribution in [0.25, 0.3) is 16.7 Å². The zero-order chi connectivity index (χ0) is 18.3. The molecule has 0 aliphatic carbocycles. The molecule has 0 saturated heterocycles. The highest BCUT2D eigenvalue weighted by molar-refractivity contribution is 6.31. The third-order valence-corrected chi connectivity index (χ3v) is 4.61. The van der Waals surface area contributed by atoms with Crippen molar-refractivity contribution in [2.75, 3.05) is 0 Å². The molecule has 2 aromatic heterocycles. The van der Waals surface area contributed by atoms with E-state index in [1.165, 1.54) is 29.2 Å². The van der Waals surface area contributed by atoms with Crippen LogP contribution in [0.2, 0.25) is 5.02 Å². The summed E-state index contributed by atoms with van der Waals surface area (Å²) in [4.78, 5) is 17.2. The minimum atomic E-state index is -0.417. The van der Waals surface area contributed by atoms with Gasteiger partial charge in [0.25, 0.3) is 5.56 Å². The van der Waals surface area contributed by atoms with Gasteiger partial charge in [0, 0.05) is 5.02 Å². The molecule has 130 valence electrons. The van der Waals surface area contributed by atoms with Crippen LogP contribution >= 0.6 is 11.6 Å². The molecule has 2 heterocycles. The molecule has 4 rings (SSSR count). The maximum Gasteiger partial charge on any atom is 0.264 e. The van der Waals surface area contributed by atoms with Crippen molar-refractivity contribution < 1.29 is 4.39 Å². The van der Waals surface area contributed by atoms with Crippen molar-refractivity contribution in [2.45, 2.75) is 13.5 Å². The molecule has 0 bridgehead atoms. The Balaban J connectivity index is 1.79. The first-order valence-electron chi connectivity index (χ1n) is 7.97. The van der Waals surface area contributed by atoms with Crippen LogP contribution in [0.5, 0.6) is 0 Å². The van der Waals surface area contributed by atoms with Crippen molar-refractivity contribution in [1.82, 2.24) is 19.3 Å². The van der Waals surface area contributed by atoms with Crippen molar-refractivity contribution in [1.29, 1.82) is 0 Å². The van der Waals surface area contributed by atoms with Gasteiger partial charge in [-0.1, -0.05) is 35.9 Å². The largest absolute Gasteiger partial charge is 0.294 e. The van der Waals surface area contributed by atoms with Crippen LogP contribution in [0, 0.1) is 12.7 Å². The van der Waals surface area contributed by atoms with Crippen LogP contribution in [0.4, 0.5) is 4.39 Å². The molecule has 2 aromatic carbocycles. The van der Waals surface area contributed by atoms with Crippen molar-refractivity contribution >= 4 is 22.6 Å². The molecule has 0 radical (unpaired) electrons. The molecule has 0 spiro atoms. The predicted octanol–water partition coefficient (Wildman–Crippen LogP) is 3.73. The smallest absolute Gasteiger partial charge is 0.264 e. The van der Waals surface area contributed by atoms with Crippen LogP contribution in [0.3, 0.4) is 0 Å². The zero-order valence-electron chi connectivity index (χ0n) is 13.9. The van der Waals surface area contributed by atoms with Gasteiger partial charge in [0.05, 0.1) is 18.4 Å². The zero-order valence-corrected chi connectivity index (χ0v) is 14.6. The highest BCUT2D eigenvalue weighted by Gasteiger charge is 2.13. The van der Waals surface area contributed by atoms with E-state index in [1.807, 2.05) is 31.2 Å². The number of aryl methyl sites for hydroxylation is 1. The summed E-state index contributed by atoms with van der Waals surface area (Å²) in [6, 6.07) is 11.8. The molecule has 5 nitrogen and oxygen atoms in total. The maximum atomic E-state index is 13.2. The number of rotatable bonds is 3. The highest BCUT2D eigenvalue weighted by atomic mass is 35.5. The molecule has 0 amide bonds. The fraction of sp³-hybridized carbons (Fsp3) is 0.105. The predicted molar refractivity (Wildman–Crippen MR) is 98.4 cm³/mol. The van der Waals surface area contributed by atoms with Crippen LogP contribution in [-0.4, -0.2) is 19.3 Å². The van der Waals surface area contributed by atoms with Crippen molar-refractivity contribution in [2.24, 2.45) is 0 Å². The number of hydrogen-bond donors (Lipinski definition) is 0. The van der Waals surface area contributed by atoms with Crippen LogP contribution in [0.1, 0.15) is 11.1 Å². The normalized spacial score (nSPS) is 11.2. The first-order chi connectivity index (χ1) is 12.5. The van der Waals surface area contributed by atoms with Gasteiger partial charge in [0.2, 0.25) is 0 Å². The van der Waals surface area contributed by atoms with E-state index in [9.17, 15) is 9.18 Å². The molecule has 0 N–H and O–H groups in total. The van der Waals surface area contributed by atoms with E-state index in [0.717, 1.165) is 11.3 Å². The second-order valence-electron chi connectivity index (χ2n) is 5.99. The minimum absolute atomic E-state index is 0.205. The van der Waals surface area contributed by atoms with E-state index in [0.29, 0.717) is 16.6 Å². The Kier molecular flexibility index (Phi) is 4.05. The van der Waals surface area contributed by atoms with Crippen LogP contribution in [-0.2, 0) is 6.54 Å². The average Bonchev–Trinajstić information content (AvgIpc) is 3.04. The number of nitrogens with zero attached hydrogens (tertiary/aromatic N) is 4. The Morgan fingerprint density at radius 1 is 1.19 bits per heavy atom. The minimum Gasteiger partial charge on any atom is -0.294 e. The standard InChI is InChI=1S/C19H14ClFN4O/c1-12-4-2-3-5-17(12)25-18-15(9-23-25)19(26)24(11-22-18)10-13-6-7-14(21)8-16(13)20/h2-9,11H,10H2,1H3. The van der Waals surface area contributed by atoms with E-state index in [1.54, 1.807) is 10.7 Å². The lowest BCUT2D eigenvalue weighted by Crippen LogP contribution is -2.21. The Hall–Kier alpha value is -2.99. The van der Waals surface area contributed by atoms with Gasteiger partial charge in [-0.3, -0.25) is 9.36 Å². The van der Waals surface area contributed by atoms with E-state index in [2.05, 4.69) is 10.1 Å². The summed E-state index contributed by atoms with van der Waals surface area (Å²) in [5, 5.41) is 5.01. The van der Waals surface area contributed by atoms with Gasteiger partial charge in [-0.15, -0.1) is 0 Å². The second kappa shape index (κ2) is 6.38. The third kappa shape index (κ3) is 2.78. The van der Waals surface area contributed by atoms with Crippen molar-refractivity contribution in [3.8, 4) is 5.69 Å². The molecule has 7 heteroatoms. The van der Waals surface area contributed by atoms with Gasteiger partial charge in [0.1, 0.15) is 17.5 Å². The molecule has 0 aliphatic heterocycles. The summed E-state index contributed by atoms with van der Waals surface area (Å²) < 4.78 is 16.3. The van der Waals surface area contributed by atoms with Gasteiger partial charge in [-0.25, -0.2) is 14.1 Å². The topological polar surface area (TPSA) is 52.7 Å². The quantitative estimate of drug-likeness (QED) is 0.553. The Labute approximate surface area is 153 Å². The number of halogens is 2. The number of fused-ring (bicyclic) bond motifs is 1. The third-order valence-electron chi connectivity index (χ3n) is 4.25. The number of benzene rings is 2. The van der Waals surface area contributed by atoms with Gasteiger partial charge in [-0.05, 0) is 36.2 Å². The lowest BCUT2D eigenvalue weighted by molar-refractivity contribution is 0.626. The molecule has 0 fully saturated rings. The lowest BCUT2D eigenvalue weighted by Gasteiger charge is -2.09. The monoisotopic (exact) mass is 368 g/mol.